The highest BCUT2D eigenvalue weighted by molar-refractivity contribution is 7.89. The van der Waals surface area contributed by atoms with Crippen LogP contribution in [0.1, 0.15) is 41.7 Å². The summed E-state index contributed by atoms with van der Waals surface area (Å²) in [7, 11) is -3.62. The van der Waals surface area contributed by atoms with Gasteiger partial charge in [0.25, 0.3) is 5.91 Å². The van der Waals surface area contributed by atoms with Crippen LogP contribution in [-0.2, 0) is 14.8 Å². The van der Waals surface area contributed by atoms with Crippen LogP contribution in [-0.4, -0.2) is 33.6 Å². The van der Waals surface area contributed by atoms with Gasteiger partial charge in [-0.05, 0) is 49.6 Å². The van der Waals surface area contributed by atoms with Gasteiger partial charge in [-0.3, -0.25) is 4.79 Å². The van der Waals surface area contributed by atoms with Crippen molar-refractivity contribution in [1.29, 1.82) is 0 Å². The molecule has 1 heterocycles. The number of hydrogen-bond donors (Lipinski definition) is 2. The fourth-order valence-corrected chi connectivity index (χ4v) is 4.05. The fourth-order valence-electron chi connectivity index (χ4n) is 2.98. The average Bonchev–Trinajstić information content (AvgIpc) is 3.21. The Hall–Kier alpha value is -2.22. The van der Waals surface area contributed by atoms with Gasteiger partial charge in [0, 0.05) is 18.7 Å². The fraction of sp³-hybridized carbons (Fsp3) is 0.350. The summed E-state index contributed by atoms with van der Waals surface area (Å²) < 4.78 is 32.7. The van der Waals surface area contributed by atoms with Crippen molar-refractivity contribution in [1.82, 2.24) is 10.0 Å². The molecule has 1 amide bonds. The number of hydrogen-bond acceptors (Lipinski definition) is 4. The van der Waals surface area contributed by atoms with E-state index in [-0.39, 0.29) is 29.5 Å². The summed E-state index contributed by atoms with van der Waals surface area (Å²) in [5.74, 6) is -0.248. The maximum Gasteiger partial charge on any atom is 0.251 e. The number of nitrogens with one attached hydrogen (secondary N) is 2. The molecule has 1 aliphatic rings. The third-order valence-corrected chi connectivity index (χ3v) is 6.04. The largest absolute Gasteiger partial charge is 0.377 e. The average molecular weight is 388 g/mol. The number of carbonyl (C=O) groups excluding carboxylic acids is 1. The van der Waals surface area contributed by atoms with Crippen LogP contribution in [0.2, 0.25) is 0 Å². The lowest BCUT2D eigenvalue weighted by Gasteiger charge is -2.15. The van der Waals surface area contributed by atoms with Crippen molar-refractivity contribution in [2.75, 3.05) is 13.2 Å². The lowest BCUT2D eigenvalue weighted by atomic mass is 10.1. The summed E-state index contributed by atoms with van der Waals surface area (Å²) in [6.07, 6.45) is 1.75. The Labute approximate surface area is 160 Å². The number of amides is 1. The minimum Gasteiger partial charge on any atom is -0.377 e. The van der Waals surface area contributed by atoms with E-state index >= 15 is 0 Å². The molecule has 0 unspecified atom stereocenters. The third-order valence-electron chi connectivity index (χ3n) is 4.60. The molecule has 0 spiro atoms. The molecule has 0 aliphatic carbocycles. The van der Waals surface area contributed by atoms with E-state index in [2.05, 4.69) is 10.0 Å². The van der Waals surface area contributed by atoms with E-state index in [4.69, 9.17) is 4.74 Å². The molecule has 0 radical (unpaired) electrons. The van der Waals surface area contributed by atoms with Crippen molar-refractivity contribution >= 4 is 15.9 Å². The maximum absolute atomic E-state index is 12.4. The zero-order valence-corrected chi connectivity index (χ0v) is 16.0. The van der Waals surface area contributed by atoms with Gasteiger partial charge in [0.15, 0.2) is 0 Å². The van der Waals surface area contributed by atoms with Crippen molar-refractivity contribution in [3.63, 3.8) is 0 Å². The van der Waals surface area contributed by atoms with Gasteiger partial charge in [-0.15, -0.1) is 0 Å². The first-order chi connectivity index (χ1) is 13.0. The van der Waals surface area contributed by atoms with Crippen molar-refractivity contribution in [3.05, 3.63) is 65.7 Å². The Morgan fingerprint density at radius 2 is 1.85 bits per heavy atom. The van der Waals surface area contributed by atoms with Gasteiger partial charge < -0.3 is 10.1 Å². The molecule has 2 aromatic rings. The van der Waals surface area contributed by atoms with Gasteiger partial charge >= 0.3 is 0 Å². The molecule has 2 aromatic carbocycles. The van der Waals surface area contributed by atoms with Crippen LogP contribution in [0.15, 0.2) is 59.5 Å². The van der Waals surface area contributed by atoms with E-state index in [0.717, 1.165) is 18.4 Å². The second kappa shape index (κ2) is 8.65. The molecule has 1 aliphatic heterocycles. The SMILES string of the molecule is C[C@@H](NC(=O)c1ccc(S(=O)(=O)NC[C@@H]2CCCO2)cc1)c1ccccc1. The molecule has 0 bridgehead atoms. The second-order valence-electron chi connectivity index (χ2n) is 6.62. The van der Waals surface area contributed by atoms with Crippen LogP contribution in [0, 0.1) is 0 Å². The smallest absolute Gasteiger partial charge is 0.251 e. The van der Waals surface area contributed by atoms with E-state index in [0.29, 0.717) is 12.2 Å². The number of sulfonamides is 1. The predicted octanol–water partition coefficient (Wildman–Crippen LogP) is 2.63. The van der Waals surface area contributed by atoms with E-state index in [9.17, 15) is 13.2 Å². The summed E-state index contributed by atoms with van der Waals surface area (Å²) in [4.78, 5) is 12.5. The molecule has 2 atom stereocenters. The molecule has 0 saturated carbocycles. The van der Waals surface area contributed by atoms with Gasteiger partial charge in [0.1, 0.15) is 0 Å². The number of ether oxygens (including phenoxy) is 1. The number of rotatable bonds is 7. The number of carbonyl (C=O) groups is 1. The normalized spacial score (nSPS) is 18.2. The molecule has 0 aromatic heterocycles. The minimum atomic E-state index is -3.62. The van der Waals surface area contributed by atoms with E-state index in [1.165, 1.54) is 24.3 Å². The van der Waals surface area contributed by atoms with Crippen LogP contribution < -0.4 is 10.0 Å². The van der Waals surface area contributed by atoms with Crippen LogP contribution in [0.3, 0.4) is 0 Å². The number of benzene rings is 2. The van der Waals surface area contributed by atoms with Crippen molar-refractivity contribution < 1.29 is 17.9 Å². The summed E-state index contributed by atoms with van der Waals surface area (Å²) >= 11 is 0. The van der Waals surface area contributed by atoms with Gasteiger partial charge in [-0.25, -0.2) is 13.1 Å². The van der Waals surface area contributed by atoms with E-state index < -0.39 is 10.0 Å². The first-order valence-corrected chi connectivity index (χ1v) is 10.5. The van der Waals surface area contributed by atoms with Crippen LogP contribution in [0.5, 0.6) is 0 Å². The topological polar surface area (TPSA) is 84.5 Å². The quantitative estimate of drug-likeness (QED) is 0.764. The van der Waals surface area contributed by atoms with Crippen LogP contribution >= 0.6 is 0 Å². The summed E-state index contributed by atoms with van der Waals surface area (Å²) in [5, 5.41) is 2.91. The minimum absolute atomic E-state index is 0.0655. The Kier molecular flexibility index (Phi) is 6.26. The van der Waals surface area contributed by atoms with Crippen molar-refractivity contribution in [2.24, 2.45) is 0 Å². The lowest BCUT2D eigenvalue weighted by Crippen LogP contribution is -2.32. The molecule has 1 fully saturated rings. The highest BCUT2D eigenvalue weighted by Gasteiger charge is 2.20. The molecular weight excluding hydrogens is 364 g/mol. The van der Waals surface area contributed by atoms with Gasteiger partial charge in [0.05, 0.1) is 17.0 Å². The highest BCUT2D eigenvalue weighted by atomic mass is 32.2. The summed E-state index contributed by atoms with van der Waals surface area (Å²) in [5.41, 5.74) is 1.42. The molecule has 3 rings (SSSR count). The van der Waals surface area contributed by atoms with Crippen LogP contribution in [0.4, 0.5) is 0 Å². The molecular formula is C20H24N2O4S. The second-order valence-corrected chi connectivity index (χ2v) is 8.38. The summed E-state index contributed by atoms with van der Waals surface area (Å²) in [6, 6.07) is 15.4. The molecule has 2 N–H and O–H groups in total. The molecule has 1 saturated heterocycles. The van der Waals surface area contributed by atoms with E-state index in [1.54, 1.807) is 0 Å². The Morgan fingerprint density at radius 1 is 1.15 bits per heavy atom. The zero-order valence-electron chi connectivity index (χ0n) is 15.2. The molecule has 6 nitrogen and oxygen atoms in total. The van der Waals surface area contributed by atoms with Gasteiger partial charge in [0.2, 0.25) is 10.0 Å². The standard InChI is InChI=1S/C20H24N2O4S/c1-15(16-6-3-2-4-7-16)22-20(23)17-9-11-19(12-10-17)27(24,25)21-14-18-8-5-13-26-18/h2-4,6-7,9-12,15,18,21H,5,8,13-14H2,1H3,(H,22,23)/t15-,18+/m1/s1. The summed E-state index contributed by atoms with van der Waals surface area (Å²) in [6.45, 7) is 2.85. The molecule has 144 valence electrons. The van der Waals surface area contributed by atoms with Crippen LogP contribution in [0.25, 0.3) is 0 Å². The first kappa shape index (κ1) is 19.5. The van der Waals surface area contributed by atoms with Gasteiger partial charge in [-0.2, -0.15) is 0 Å². The van der Waals surface area contributed by atoms with E-state index in [1.807, 2.05) is 37.3 Å². The Balaban J connectivity index is 1.61. The molecule has 7 heteroatoms. The highest BCUT2D eigenvalue weighted by Crippen LogP contribution is 2.16. The third kappa shape index (κ3) is 5.15. The monoisotopic (exact) mass is 388 g/mol. The van der Waals surface area contributed by atoms with Crippen molar-refractivity contribution in [3.8, 4) is 0 Å². The Bertz CT molecular complexity index is 861. The lowest BCUT2D eigenvalue weighted by molar-refractivity contribution is 0.0939. The van der Waals surface area contributed by atoms with Crippen molar-refractivity contribution in [2.45, 2.75) is 36.8 Å². The van der Waals surface area contributed by atoms with Gasteiger partial charge in [-0.1, -0.05) is 30.3 Å². The first-order valence-electron chi connectivity index (χ1n) is 9.03. The predicted molar refractivity (Wildman–Crippen MR) is 103 cm³/mol. The molecule has 27 heavy (non-hydrogen) atoms. The Morgan fingerprint density at radius 3 is 2.48 bits per heavy atom. The zero-order chi connectivity index (χ0) is 19.3. The maximum atomic E-state index is 12.4.